The van der Waals surface area contributed by atoms with Gasteiger partial charge in [-0.05, 0) is 12.8 Å². The fraction of sp³-hybridized carbons (Fsp3) is 0.500. The van der Waals surface area contributed by atoms with Gasteiger partial charge >= 0.3 is 5.69 Å². The van der Waals surface area contributed by atoms with E-state index in [2.05, 4.69) is 20.6 Å². The van der Waals surface area contributed by atoms with E-state index in [0.717, 1.165) is 17.5 Å². The molecule has 1 saturated carbocycles. The molecule has 1 N–H and O–H groups in total. The highest BCUT2D eigenvalue weighted by atomic mass is 35.5. The molecule has 0 bridgehead atoms. The summed E-state index contributed by atoms with van der Waals surface area (Å²) >= 11 is 5.56. The van der Waals surface area contributed by atoms with E-state index in [4.69, 9.17) is 11.6 Å². The van der Waals surface area contributed by atoms with Crippen molar-refractivity contribution in [1.82, 2.24) is 29.7 Å². The van der Waals surface area contributed by atoms with Crippen LogP contribution in [0.4, 0.5) is 0 Å². The quantitative estimate of drug-likeness (QED) is 0.757. The molecule has 100 valence electrons. The average molecular weight is 283 g/mol. The molecule has 0 spiro atoms. The maximum absolute atomic E-state index is 12.0. The van der Waals surface area contributed by atoms with Gasteiger partial charge in [-0.15, -0.1) is 16.7 Å². The second kappa shape index (κ2) is 4.61. The molecule has 2 heterocycles. The number of aromatic nitrogens is 5. The summed E-state index contributed by atoms with van der Waals surface area (Å²) in [6.45, 7) is 0.255. The second-order valence-electron chi connectivity index (χ2n) is 4.32. The maximum Gasteiger partial charge on any atom is 0.353 e. The number of hydrogen-bond acceptors (Lipinski definition) is 5. The molecule has 19 heavy (non-hydrogen) atoms. The second-order valence-corrected chi connectivity index (χ2v) is 4.70. The van der Waals surface area contributed by atoms with Gasteiger partial charge in [0.2, 0.25) is 0 Å². The van der Waals surface area contributed by atoms with Crippen molar-refractivity contribution in [3.8, 4) is 0 Å². The number of halogens is 1. The molecule has 0 aromatic carbocycles. The zero-order valence-corrected chi connectivity index (χ0v) is 10.7. The highest BCUT2D eigenvalue weighted by molar-refractivity contribution is 6.17. The van der Waals surface area contributed by atoms with Crippen molar-refractivity contribution in [2.45, 2.75) is 25.4 Å². The number of nitrogens with zero attached hydrogens (tertiary/aromatic N) is 5. The summed E-state index contributed by atoms with van der Waals surface area (Å²) in [6.07, 6.45) is 3.23. The summed E-state index contributed by atoms with van der Waals surface area (Å²) in [6, 6.07) is 0.217. The summed E-state index contributed by atoms with van der Waals surface area (Å²) in [7, 11) is 0. The normalized spacial score (nSPS) is 14.8. The topological polar surface area (TPSA) is 94.2 Å². The van der Waals surface area contributed by atoms with Crippen molar-refractivity contribution in [3.63, 3.8) is 0 Å². The number of hydrogen-bond donors (Lipinski definition) is 1. The van der Waals surface area contributed by atoms with Crippen molar-refractivity contribution in [3.05, 3.63) is 22.5 Å². The van der Waals surface area contributed by atoms with Crippen LogP contribution in [0.2, 0.25) is 0 Å². The first kappa shape index (κ1) is 12.1. The first-order valence-corrected chi connectivity index (χ1v) is 6.42. The van der Waals surface area contributed by atoms with Crippen LogP contribution >= 0.6 is 11.6 Å². The van der Waals surface area contributed by atoms with Crippen LogP contribution in [0.1, 0.15) is 23.3 Å². The smallest absolute Gasteiger partial charge is 0.348 e. The molecule has 1 fully saturated rings. The van der Waals surface area contributed by atoms with E-state index in [1.54, 1.807) is 0 Å². The Morgan fingerprint density at radius 2 is 2.32 bits per heavy atom. The fourth-order valence-electron chi connectivity index (χ4n) is 1.70. The van der Waals surface area contributed by atoms with Gasteiger partial charge in [0, 0.05) is 11.9 Å². The van der Waals surface area contributed by atoms with E-state index in [1.165, 1.54) is 10.7 Å². The molecule has 0 radical (unpaired) electrons. The van der Waals surface area contributed by atoms with Gasteiger partial charge in [-0.1, -0.05) is 5.21 Å². The zero-order valence-electron chi connectivity index (χ0n) is 9.91. The fourth-order valence-corrected chi connectivity index (χ4v) is 1.86. The van der Waals surface area contributed by atoms with Crippen molar-refractivity contribution in [2.75, 3.05) is 5.88 Å². The standard InChI is InChI=1S/C10H11ClN6O2/c11-3-4-17-10(19)16-5-12-7(8(16)14-15-17)9(18)13-6-1-2-6/h5-6H,1-4H2,(H,13,18). The third-order valence-electron chi connectivity index (χ3n) is 2.84. The molecule has 0 saturated heterocycles. The molecule has 1 aliphatic rings. The number of nitrogens with one attached hydrogen (secondary N) is 1. The van der Waals surface area contributed by atoms with Gasteiger partial charge in [0.15, 0.2) is 11.3 Å². The number of rotatable bonds is 4. The van der Waals surface area contributed by atoms with Gasteiger partial charge in [-0.3, -0.25) is 4.79 Å². The number of carbonyl (C=O) groups is 1. The van der Waals surface area contributed by atoms with Crippen molar-refractivity contribution in [1.29, 1.82) is 0 Å². The number of imidazole rings is 1. The molecular weight excluding hydrogens is 272 g/mol. The molecule has 3 rings (SSSR count). The highest BCUT2D eigenvalue weighted by Gasteiger charge is 2.26. The number of fused-ring (bicyclic) bond motifs is 1. The summed E-state index contributed by atoms with van der Waals surface area (Å²) in [4.78, 5) is 27.8. The Kier molecular flexibility index (Phi) is 2.94. The molecule has 0 unspecified atom stereocenters. The SMILES string of the molecule is O=C(NC1CC1)c1ncn2c(=O)n(CCCl)nnc12. The van der Waals surface area contributed by atoms with Crippen molar-refractivity contribution < 1.29 is 4.79 Å². The van der Waals surface area contributed by atoms with Gasteiger partial charge in [0.05, 0.1) is 6.54 Å². The lowest BCUT2D eigenvalue weighted by molar-refractivity contribution is 0.0948. The van der Waals surface area contributed by atoms with Gasteiger partial charge in [0.25, 0.3) is 5.91 Å². The molecule has 0 atom stereocenters. The van der Waals surface area contributed by atoms with Crippen molar-refractivity contribution >= 4 is 23.2 Å². The number of carbonyl (C=O) groups excluding carboxylic acids is 1. The van der Waals surface area contributed by atoms with Gasteiger partial charge in [0.1, 0.15) is 6.33 Å². The summed E-state index contributed by atoms with van der Waals surface area (Å²) in [5, 5.41) is 10.4. The predicted octanol–water partition coefficient (Wildman–Crippen LogP) is -0.583. The molecule has 1 aliphatic carbocycles. The molecule has 1 amide bonds. The monoisotopic (exact) mass is 282 g/mol. The van der Waals surface area contributed by atoms with Gasteiger partial charge in [-0.25, -0.2) is 14.2 Å². The van der Waals surface area contributed by atoms with E-state index < -0.39 is 5.69 Å². The molecule has 8 nitrogen and oxygen atoms in total. The maximum atomic E-state index is 12.0. The minimum Gasteiger partial charge on any atom is -0.348 e. The van der Waals surface area contributed by atoms with Crippen LogP contribution in [0, 0.1) is 0 Å². The third-order valence-corrected chi connectivity index (χ3v) is 3.01. The average Bonchev–Trinajstić information content (AvgIpc) is 3.08. The van der Waals surface area contributed by atoms with E-state index in [0.29, 0.717) is 0 Å². The van der Waals surface area contributed by atoms with E-state index >= 15 is 0 Å². The van der Waals surface area contributed by atoms with Crippen LogP contribution in [0.15, 0.2) is 11.1 Å². The Morgan fingerprint density at radius 3 is 3.00 bits per heavy atom. The van der Waals surface area contributed by atoms with Crippen LogP contribution in [-0.4, -0.2) is 42.2 Å². The van der Waals surface area contributed by atoms with Crippen molar-refractivity contribution in [2.24, 2.45) is 0 Å². The van der Waals surface area contributed by atoms with Gasteiger partial charge in [-0.2, -0.15) is 4.68 Å². The third kappa shape index (κ3) is 2.19. The molecule has 9 heteroatoms. The number of aryl methyl sites for hydroxylation is 1. The Labute approximate surface area is 112 Å². The molecule has 2 aromatic heterocycles. The zero-order chi connectivity index (χ0) is 13.4. The number of alkyl halides is 1. The predicted molar refractivity (Wildman–Crippen MR) is 66.3 cm³/mol. The minimum absolute atomic E-state index is 0.120. The van der Waals surface area contributed by atoms with E-state index in [1.807, 2.05) is 0 Å². The summed E-state index contributed by atoms with van der Waals surface area (Å²) in [5.41, 5.74) is -0.132. The Balaban J connectivity index is 2.01. The minimum atomic E-state index is -0.413. The van der Waals surface area contributed by atoms with E-state index in [9.17, 15) is 9.59 Å². The molecular formula is C10H11ClN6O2. The first-order chi connectivity index (χ1) is 9.20. The highest BCUT2D eigenvalue weighted by Crippen LogP contribution is 2.19. The Hall–Kier alpha value is -1.96. The molecule has 0 aliphatic heterocycles. The van der Waals surface area contributed by atoms with Crippen LogP contribution in [-0.2, 0) is 6.54 Å². The van der Waals surface area contributed by atoms with Crippen LogP contribution in [0.25, 0.3) is 5.65 Å². The lowest BCUT2D eigenvalue weighted by Crippen LogP contribution is -2.31. The van der Waals surface area contributed by atoms with Crippen LogP contribution in [0.3, 0.4) is 0 Å². The Bertz CT molecular complexity index is 689. The lowest BCUT2D eigenvalue weighted by Gasteiger charge is -2.02. The van der Waals surface area contributed by atoms with E-state index in [-0.39, 0.29) is 35.7 Å². The molecule has 2 aromatic rings. The number of amides is 1. The summed E-state index contributed by atoms with van der Waals surface area (Å²) < 4.78 is 2.33. The van der Waals surface area contributed by atoms with Crippen LogP contribution < -0.4 is 11.0 Å². The largest absolute Gasteiger partial charge is 0.353 e. The lowest BCUT2D eigenvalue weighted by atomic mass is 10.4. The van der Waals surface area contributed by atoms with Gasteiger partial charge < -0.3 is 5.32 Å². The van der Waals surface area contributed by atoms with Crippen LogP contribution in [0.5, 0.6) is 0 Å². The first-order valence-electron chi connectivity index (χ1n) is 5.88. The summed E-state index contributed by atoms with van der Waals surface area (Å²) in [5.74, 6) is -0.0714. The Morgan fingerprint density at radius 1 is 1.53 bits per heavy atom.